The van der Waals surface area contributed by atoms with E-state index in [9.17, 15) is 18.0 Å². The topological polar surface area (TPSA) is 83.3 Å². The molecule has 1 fully saturated rings. The molecule has 1 aromatic heterocycles. The van der Waals surface area contributed by atoms with E-state index in [4.69, 9.17) is 4.52 Å². The Bertz CT molecular complexity index is 591. The predicted octanol–water partition coefficient (Wildman–Crippen LogP) is 1.25. The van der Waals surface area contributed by atoms with Gasteiger partial charge in [-0.3, -0.25) is 9.69 Å². The minimum absolute atomic E-state index is 0.00207. The minimum atomic E-state index is -4.39. The average molecular weight is 377 g/mol. The van der Waals surface area contributed by atoms with Crippen molar-refractivity contribution in [3.63, 3.8) is 0 Å². The second-order valence-corrected chi connectivity index (χ2v) is 7.41. The van der Waals surface area contributed by atoms with Gasteiger partial charge >= 0.3 is 6.18 Å². The van der Waals surface area contributed by atoms with E-state index in [1.165, 1.54) is 4.90 Å². The number of piperazine rings is 1. The van der Waals surface area contributed by atoms with Crippen LogP contribution in [-0.4, -0.2) is 65.9 Å². The Hall–Kier alpha value is -1.68. The molecule has 0 aromatic carbocycles. The number of amides is 1. The molecular weight excluding hydrogens is 351 g/mol. The van der Waals surface area contributed by atoms with E-state index >= 15 is 0 Å². The van der Waals surface area contributed by atoms with E-state index < -0.39 is 24.7 Å². The van der Waals surface area contributed by atoms with E-state index in [1.807, 2.05) is 20.8 Å². The van der Waals surface area contributed by atoms with Crippen molar-refractivity contribution >= 4 is 5.91 Å². The molecule has 0 radical (unpaired) electrons. The summed E-state index contributed by atoms with van der Waals surface area (Å²) in [6, 6.07) is -1.68. The summed E-state index contributed by atoms with van der Waals surface area (Å²) in [5.74, 6) is 0.369. The lowest BCUT2D eigenvalue weighted by Crippen LogP contribution is -2.57. The SMILES string of the molecule is CC(C)(C)c1noc(CCC(=O)NCC(N2CCNCC2)C(F)(F)F)n1. The van der Waals surface area contributed by atoms with Gasteiger partial charge in [0.1, 0.15) is 6.04 Å². The molecule has 148 valence electrons. The van der Waals surface area contributed by atoms with Gasteiger partial charge in [-0.05, 0) is 0 Å². The summed E-state index contributed by atoms with van der Waals surface area (Å²) in [5, 5.41) is 9.25. The number of rotatable bonds is 6. The number of hydrogen-bond donors (Lipinski definition) is 2. The highest BCUT2D eigenvalue weighted by Crippen LogP contribution is 2.25. The second kappa shape index (κ2) is 8.34. The van der Waals surface area contributed by atoms with Crippen LogP contribution in [0, 0.1) is 0 Å². The number of carbonyl (C=O) groups is 1. The molecule has 1 unspecified atom stereocenters. The van der Waals surface area contributed by atoms with Crippen molar-refractivity contribution in [1.29, 1.82) is 0 Å². The molecule has 1 aliphatic heterocycles. The lowest BCUT2D eigenvalue weighted by atomic mass is 9.96. The van der Waals surface area contributed by atoms with Gasteiger partial charge in [0, 0.05) is 51.0 Å². The van der Waals surface area contributed by atoms with E-state index in [0.717, 1.165) is 0 Å². The van der Waals surface area contributed by atoms with Crippen LogP contribution in [0.4, 0.5) is 13.2 Å². The van der Waals surface area contributed by atoms with Gasteiger partial charge in [0.15, 0.2) is 5.82 Å². The van der Waals surface area contributed by atoms with Crippen molar-refractivity contribution in [3.05, 3.63) is 11.7 Å². The molecule has 2 rings (SSSR count). The summed E-state index contributed by atoms with van der Waals surface area (Å²) in [6.07, 6.45) is -4.20. The Labute approximate surface area is 150 Å². The third-order valence-electron chi connectivity index (χ3n) is 4.17. The van der Waals surface area contributed by atoms with Crippen LogP contribution in [0.15, 0.2) is 4.52 Å². The van der Waals surface area contributed by atoms with Gasteiger partial charge in [0.05, 0.1) is 0 Å². The molecule has 2 heterocycles. The molecule has 0 bridgehead atoms. The van der Waals surface area contributed by atoms with Gasteiger partial charge in [-0.2, -0.15) is 18.2 Å². The van der Waals surface area contributed by atoms with Crippen LogP contribution in [0.3, 0.4) is 0 Å². The number of aromatic nitrogens is 2. The van der Waals surface area contributed by atoms with Crippen molar-refractivity contribution in [1.82, 2.24) is 25.7 Å². The molecule has 10 heteroatoms. The smallest absolute Gasteiger partial charge is 0.354 e. The molecule has 0 saturated carbocycles. The van der Waals surface area contributed by atoms with E-state index in [0.29, 0.717) is 37.9 Å². The lowest BCUT2D eigenvalue weighted by Gasteiger charge is -2.35. The number of nitrogens with zero attached hydrogens (tertiary/aromatic N) is 3. The van der Waals surface area contributed by atoms with Gasteiger partial charge in [-0.25, -0.2) is 0 Å². The summed E-state index contributed by atoms with van der Waals surface area (Å²) in [4.78, 5) is 17.5. The van der Waals surface area contributed by atoms with Crippen LogP contribution in [-0.2, 0) is 16.6 Å². The Morgan fingerprint density at radius 3 is 2.50 bits per heavy atom. The maximum atomic E-state index is 13.3. The number of aryl methyl sites for hydroxylation is 1. The quantitative estimate of drug-likeness (QED) is 0.777. The first-order chi connectivity index (χ1) is 12.1. The zero-order chi connectivity index (χ0) is 19.4. The first kappa shape index (κ1) is 20.6. The summed E-state index contributed by atoms with van der Waals surface area (Å²) < 4.78 is 44.9. The summed E-state index contributed by atoms with van der Waals surface area (Å²) in [7, 11) is 0. The minimum Gasteiger partial charge on any atom is -0.354 e. The van der Waals surface area contributed by atoms with Crippen LogP contribution in [0.25, 0.3) is 0 Å². The fourth-order valence-corrected chi connectivity index (χ4v) is 2.63. The highest BCUT2D eigenvalue weighted by atomic mass is 19.4. The zero-order valence-corrected chi connectivity index (χ0v) is 15.3. The highest BCUT2D eigenvalue weighted by Gasteiger charge is 2.43. The Morgan fingerprint density at radius 2 is 1.96 bits per heavy atom. The lowest BCUT2D eigenvalue weighted by molar-refractivity contribution is -0.184. The fourth-order valence-electron chi connectivity index (χ4n) is 2.63. The Balaban J connectivity index is 1.83. The monoisotopic (exact) mass is 377 g/mol. The first-order valence-corrected chi connectivity index (χ1v) is 8.68. The third-order valence-corrected chi connectivity index (χ3v) is 4.17. The third kappa shape index (κ3) is 5.94. The molecule has 1 aliphatic rings. The normalized spacial score (nSPS) is 17.9. The summed E-state index contributed by atoms with van der Waals surface area (Å²) >= 11 is 0. The van der Waals surface area contributed by atoms with E-state index in [-0.39, 0.29) is 18.3 Å². The molecule has 2 N–H and O–H groups in total. The molecule has 7 nitrogen and oxygen atoms in total. The van der Waals surface area contributed by atoms with Gasteiger partial charge in [-0.1, -0.05) is 25.9 Å². The van der Waals surface area contributed by atoms with Crippen molar-refractivity contribution in [3.8, 4) is 0 Å². The molecule has 1 saturated heterocycles. The number of halogens is 3. The largest absolute Gasteiger partial charge is 0.405 e. The first-order valence-electron chi connectivity index (χ1n) is 8.68. The summed E-state index contributed by atoms with van der Waals surface area (Å²) in [6.45, 7) is 6.96. The molecule has 0 aliphatic carbocycles. The number of carbonyl (C=O) groups excluding carboxylic acids is 1. The van der Waals surface area contributed by atoms with Crippen LogP contribution in [0.5, 0.6) is 0 Å². The number of hydrogen-bond acceptors (Lipinski definition) is 6. The molecule has 0 spiro atoms. The maximum Gasteiger partial charge on any atom is 0.405 e. The van der Waals surface area contributed by atoms with Gasteiger partial charge in [-0.15, -0.1) is 0 Å². The maximum absolute atomic E-state index is 13.3. The second-order valence-electron chi connectivity index (χ2n) is 7.41. The molecule has 1 aromatic rings. The average Bonchev–Trinajstić information content (AvgIpc) is 3.02. The predicted molar refractivity (Wildman–Crippen MR) is 88.6 cm³/mol. The van der Waals surface area contributed by atoms with E-state index in [1.54, 1.807) is 0 Å². The standard InChI is InChI=1S/C16H26F3N5O2/c1-15(2,3)14-22-13(26-23-14)5-4-12(25)21-10-11(16(17,18)19)24-8-6-20-7-9-24/h11,20H,4-10H2,1-3H3,(H,21,25). The summed E-state index contributed by atoms with van der Waals surface area (Å²) in [5.41, 5.74) is -0.271. The van der Waals surface area contributed by atoms with Crippen molar-refractivity contribution in [2.24, 2.45) is 0 Å². The van der Waals surface area contributed by atoms with Crippen molar-refractivity contribution < 1.29 is 22.5 Å². The van der Waals surface area contributed by atoms with Crippen molar-refractivity contribution in [2.75, 3.05) is 32.7 Å². The van der Waals surface area contributed by atoms with Gasteiger partial charge in [0.25, 0.3) is 0 Å². The van der Waals surface area contributed by atoms with Gasteiger partial charge in [0.2, 0.25) is 11.8 Å². The van der Waals surface area contributed by atoms with Crippen LogP contribution in [0.2, 0.25) is 0 Å². The number of nitrogens with one attached hydrogen (secondary N) is 2. The molecule has 1 amide bonds. The fraction of sp³-hybridized carbons (Fsp3) is 0.812. The Kier molecular flexibility index (Phi) is 6.62. The Morgan fingerprint density at radius 1 is 1.31 bits per heavy atom. The van der Waals surface area contributed by atoms with Gasteiger partial charge < -0.3 is 15.2 Å². The number of alkyl halides is 3. The molecular formula is C16H26F3N5O2. The van der Waals surface area contributed by atoms with Crippen LogP contribution < -0.4 is 10.6 Å². The van der Waals surface area contributed by atoms with E-state index in [2.05, 4.69) is 20.8 Å². The zero-order valence-electron chi connectivity index (χ0n) is 15.3. The van der Waals surface area contributed by atoms with Crippen LogP contribution >= 0.6 is 0 Å². The van der Waals surface area contributed by atoms with Crippen LogP contribution in [0.1, 0.15) is 38.9 Å². The molecule has 1 atom stereocenters. The molecule has 26 heavy (non-hydrogen) atoms. The van der Waals surface area contributed by atoms with Crippen molar-refractivity contribution in [2.45, 2.75) is 51.2 Å². The highest BCUT2D eigenvalue weighted by molar-refractivity contribution is 5.76.